The molecule has 0 radical (unpaired) electrons. The van der Waals surface area contributed by atoms with Crippen molar-refractivity contribution in [3.8, 4) is 55.8 Å². The Morgan fingerprint density at radius 1 is 0.419 bits per heavy atom. The van der Waals surface area contributed by atoms with Crippen molar-refractivity contribution in [2.75, 3.05) is 0 Å². The normalized spacial score (nSPS) is 11.3. The Labute approximate surface area is 255 Å². The molecule has 3 nitrogen and oxygen atoms in total. The first-order valence-corrected chi connectivity index (χ1v) is 16.0. The Balaban J connectivity index is 1.54. The first kappa shape index (κ1) is 25.6. The number of nitrogens with zero attached hydrogens (tertiary/aromatic N) is 3. The van der Waals surface area contributed by atoms with Gasteiger partial charge in [0.25, 0.3) is 0 Å². The van der Waals surface area contributed by atoms with E-state index in [-0.39, 0.29) is 14.5 Å². The molecular formula is C39H25N3Se. The summed E-state index contributed by atoms with van der Waals surface area (Å²) in [6, 6.07) is 52.1. The average molecular weight is 615 g/mol. The predicted octanol–water partition coefficient (Wildman–Crippen LogP) is 9.57. The fourth-order valence-electron chi connectivity index (χ4n) is 6.18. The third-order valence-electron chi connectivity index (χ3n) is 8.02. The number of benzene rings is 6. The average Bonchev–Trinajstić information content (AvgIpc) is 3.48. The summed E-state index contributed by atoms with van der Waals surface area (Å²) in [5.74, 6) is 0. The number of rotatable bonds is 5. The van der Waals surface area contributed by atoms with Crippen molar-refractivity contribution in [1.82, 2.24) is 15.4 Å². The number of fused-ring (bicyclic) bond motifs is 3. The maximum atomic E-state index is 4.64. The Hall–Kier alpha value is -5.15. The molecule has 2 heterocycles. The van der Waals surface area contributed by atoms with Crippen LogP contribution in [-0.2, 0) is 0 Å². The van der Waals surface area contributed by atoms with Crippen molar-refractivity contribution in [3.63, 3.8) is 0 Å². The molecule has 0 N–H and O–H groups in total. The van der Waals surface area contributed by atoms with Gasteiger partial charge in [0.15, 0.2) is 0 Å². The van der Waals surface area contributed by atoms with Crippen molar-refractivity contribution in [2.24, 2.45) is 0 Å². The second-order valence-electron chi connectivity index (χ2n) is 10.5. The van der Waals surface area contributed by atoms with Gasteiger partial charge in [0.2, 0.25) is 0 Å². The van der Waals surface area contributed by atoms with Crippen molar-refractivity contribution < 1.29 is 0 Å². The van der Waals surface area contributed by atoms with Crippen LogP contribution in [0.4, 0.5) is 0 Å². The Morgan fingerprint density at radius 3 is 1.81 bits per heavy atom. The van der Waals surface area contributed by atoms with Gasteiger partial charge in [0.05, 0.1) is 0 Å². The van der Waals surface area contributed by atoms with Crippen molar-refractivity contribution >= 4 is 33.8 Å². The second-order valence-corrected chi connectivity index (χ2v) is 12.7. The molecule has 8 aromatic rings. The third-order valence-corrected chi connectivity index (χ3v) is 10.4. The second kappa shape index (κ2) is 10.9. The molecule has 6 aromatic carbocycles. The quantitative estimate of drug-likeness (QED) is 0.181. The van der Waals surface area contributed by atoms with Gasteiger partial charge in [0, 0.05) is 0 Å². The number of hydrogen-bond donors (Lipinski definition) is 0. The van der Waals surface area contributed by atoms with Crippen LogP contribution in [0.1, 0.15) is 0 Å². The van der Waals surface area contributed by atoms with Crippen LogP contribution < -0.4 is 0 Å². The van der Waals surface area contributed by atoms with Gasteiger partial charge in [0.1, 0.15) is 0 Å². The molecule has 0 amide bonds. The van der Waals surface area contributed by atoms with Gasteiger partial charge in [-0.3, -0.25) is 0 Å². The molecule has 43 heavy (non-hydrogen) atoms. The van der Waals surface area contributed by atoms with Crippen LogP contribution in [0.25, 0.3) is 75.1 Å². The van der Waals surface area contributed by atoms with Gasteiger partial charge in [-0.25, -0.2) is 0 Å². The van der Waals surface area contributed by atoms with Crippen molar-refractivity contribution in [3.05, 3.63) is 152 Å². The zero-order valence-corrected chi connectivity index (χ0v) is 24.9. The molecule has 0 atom stereocenters. The fourth-order valence-corrected chi connectivity index (χ4v) is 8.55. The minimum absolute atomic E-state index is 0.269. The van der Waals surface area contributed by atoms with Crippen LogP contribution in [0.15, 0.2) is 152 Å². The summed E-state index contributed by atoms with van der Waals surface area (Å²) in [6.07, 6.45) is 1.74. The molecule has 4 heteroatoms. The van der Waals surface area contributed by atoms with Crippen LogP contribution in [0, 0.1) is 0 Å². The van der Waals surface area contributed by atoms with E-state index in [4.69, 9.17) is 0 Å². The predicted molar refractivity (Wildman–Crippen MR) is 179 cm³/mol. The van der Waals surface area contributed by atoms with Gasteiger partial charge in [-0.05, 0) is 0 Å². The molecule has 0 saturated heterocycles. The molecule has 0 fully saturated rings. The minimum atomic E-state index is 0.269. The van der Waals surface area contributed by atoms with E-state index in [9.17, 15) is 0 Å². The zero-order chi connectivity index (χ0) is 28.6. The molecule has 0 unspecified atom stereocenters. The van der Waals surface area contributed by atoms with E-state index in [1.54, 1.807) is 6.20 Å². The molecule has 0 aliphatic rings. The molecule has 2 aromatic heterocycles. The van der Waals surface area contributed by atoms with Gasteiger partial charge in [-0.2, -0.15) is 0 Å². The summed E-state index contributed by atoms with van der Waals surface area (Å²) in [5.41, 5.74) is 11.2. The Kier molecular flexibility index (Phi) is 6.49. The van der Waals surface area contributed by atoms with Gasteiger partial charge >= 0.3 is 257 Å². The maximum absolute atomic E-state index is 4.64. The van der Waals surface area contributed by atoms with Gasteiger partial charge in [-0.15, -0.1) is 0 Å². The summed E-state index contributed by atoms with van der Waals surface area (Å²) in [6.45, 7) is 0. The number of hydrogen-bond acceptors (Lipinski definition) is 3. The first-order chi connectivity index (χ1) is 21.4. The SMILES string of the molecule is c1ccc(-c2ccccc2-c2c(-c3ccccc3)ccc(-c3cccc4[se]c5ccccc5c34)c2-c2ccnnn2)cc1. The molecule has 8 rings (SSSR count). The molecule has 0 saturated carbocycles. The van der Waals surface area contributed by atoms with E-state index >= 15 is 0 Å². The summed E-state index contributed by atoms with van der Waals surface area (Å²) in [7, 11) is 0. The summed E-state index contributed by atoms with van der Waals surface area (Å²) in [5, 5.41) is 15.5. The van der Waals surface area contributed by atoms with Crippen LogP contribution in [0.5, 0.6) is 0 Å². The molecule has 202 valence electrons. The van der Waals surface area contributed by atoms with E-state index < -0.39 is 0 Å². The van der Waals surface area contributed by atoms with E-state index in [1.165, 1.54) is 36.0 Å². The topological polar surface area (TPSA) is 38.7 Å². The Morgan fingerprint density at radius 2 is 1.05 bits per heavy atom. The molecule has 0 bridgehead atoms. The molecule has 0 aliphatic carbocycles. The summed E-state index contributed by atoms with van der Waals surface area (Å²) >= 11 is 0.269. The van der Waals surface area contributed by atoms with Crippen LogP contribution in [-0.4, -0.2) is 29.9 Å². The van der Waals surface area contributed by atoms with E-state index in [0.717, 1.165) is 39.1 Å². The fraction of sp³-hybridized carbons (Fsp3) is 0. The third kappa shape index (κ3) is 4.49. The monoisotopic (exact) mass is 615 g/mol. The first-order valence-electron chi connectivity index (χ1n) is 14.3. The summed E-state index contributed by atoms with van der Waals surface area (Å²) in [4.78, 5) is 0. The van der Waals surface area contributed by atoms with E-state index in [1.807, 2.05) is 6.07 Å². The van der Waals surface area contributed by atoms with Gasteiger partial charge in [-0.1, -0.05) is 0 Å². The van der Waals surface area contributed by atoms with E-state index in [2.05, 4.69) is 155 Å². The zero-order valence-electron chi connectivity index (χ0n) is 23.2. The molecule has 0 aliphatic heterocycles. The van der Waals surface area contributed by atoms with Crippen LogP contribution in [0.3, 0.4) is 0 Å². The Bertz CT molecular complexity index is 2220. The van der Waals surface area contributed by atoms with Crippen molar-refractivity contribution in [1.29, 1.82) is 0 Å². The molecular weight excluding hydrogens is 589 g/mol. The number of aromatic nitrogens is 3. The van der Waals surface area contributed by atoms with Crippen LogP contribution >= 0.6 is 0 Å². The van der Waals surface area contributed by atoms with Crippen LogP contribution in [0.2, 0.25) is 0 Å². The standard InChI is InChI=1S/C39H25N3Se/c1-3-12-26(13-4-1)28-16-7-8-17-30(28)38-29(27-14-5-2-6-15-27)22-23-32(39(38)34-24-25-40-42-41-34)31-19-11-21-36-37(31)33-18-9-10-20-35(33)43-36/h1-25H. The molecule has 0 spiro atoms. The van der Waals surface area contributed by atoms with E-state index in [0.29, 0.717) is 0 Å². The van der Waals surface area contributed by atoms with Crippen molar-refractivity contribution in [2.45, 2.75) is 0 Å². The summed E-state index contributed by atoms with van der Waals surface area (Å²) < 4.78 is 2.84. The van der Waals surface area contributed by atoms with Gasteiger partial charge < -0.3 is 0 Å².